The Bertz CT molecular complexity index is 642. The molecule has 1 aromatic rings. The van der Waals surface area contributed by atoms with E-state index in [0.29, 0.717) is 0 Å². The van der Waals surface area contributed by atoms with Gasteiger partial charge in [-0.2, -0.15) is 15.6 Å². The maximum atomic E-state index is 13.5. The molecule has 0 fully saturated rings. The standard InChI is InChI=1S/C10H3F3N4O2/c11-6-1-5(10(18)19)7(12)9(8(6)13)17-16-4(2-14)3-15/h1,17H,(H,18,19). The number of nitrogens with one attached hydrogen (secondary N) is 1. The van der Waals surface area contributed by atoms with Crippen molar-refractivity contribution in [2.45, 2.75) is 0 Å². The highest BCUT2D eigenvalue weighted by Crippen LogP contribution is 2.25. The van der Waals surface area contributed by atoms with E-state index in [1.54, 1.807) is 5.43 Å². The van der Waals surface area contributed by atoms with Gasteiger partial charge in [-0.15, -0.1) is 0 Å². The second-order valence-electron chi connectivity index (χ2n) is 3.01. The Hall–Kier alpha value is -3.07. The Morgan fingerprint density at radius 2 is 1.84 bits per heavy atom. The van der Waals surface area contributed by atoms with Crippen molar-refractivity contribution in [3.05, 3.63) is 29.1 Å². The molecule has 19 heavy (non-hydrogen) atoms. The summed E-state index contributed by atoms with van der Waals surface area (Å²) in [4.78, 5) is 10.6. The topological polar surface area (TPSA) is 109 Å². The number of nitrogens with zero attached hydrogens (tertiary/aromatic N) is 3. The smallest absolute Gasteiger partial charge is 0.338 e. The molecule has 0 radical (unpaired) electrons. The van der Waals surface area contributed by atoms with Gasteiger partial charge in [-0.1, -0.05) is 0 Å². The molecule has 0 spiro atoms. The first-order valence-electron chi connectivity index (χ1n) is 4.47. The Morgan fingerprint density at radius 1 is 1.26 bits per heavy atom. The number of rotatable bonds is 3. The van der Waals surface area contributed by atoms with Gasteiger partial charge in [0.2, 0.25) is 5.71 Å². The molecule has 0 heterocycles. The van der Waals surface area contributed by atoms with Crippen molar-refractivity contribution >= 4 is 17.4 Å². The van der Waals surface area contributed by atoms with Crippen molar-refractivity contribution in [2.75, 3.05) is 5.43 Å². The molecular weight excluding hydrogens is 265 g/mol. The SMILES string of the molecule is N#CC(C#N)=NNc1c(F)c(F)cc(C(=O)O)c1F. The molecular formula is C10H3F3N4O2. The van der Waals surface area contributed by atoms with E-state index < -0.39 is 40.4 Å². The Morgan fingerprint density at radius 3 is 2.32 bits per heavy atom. The van der Waals surface area contributed by atoms with Gasteiger partial charge in [-0.25, -0.2) is 18.0 Å². The van der Waals surface area contributed by atoms with Gasteiger partial charge in [-0.05, 0) is 6.07 Å². The molecule has 0 unspecified atom stereocenters. The second-order valence-corrected chi connectivity index (χ2v) is 3.01. The van der Waals surface area contributed by atoms with Crippen molar-refractivity contribution in [3.63, 3.8) is 0 Å². The molecule has 6 nitrogen and oxygen atoms in total. The molecule has 96 valence electrons. The number of hydrogen-bond donors (Lipinski definition) is 2. The van der Waals surface area contributed by atoms with Crippen LogP contribution in [-0.2, 0) is 0 Å². The van der Waals surface area contributed by atoms with Crippen LogP contribution in [0.1, 0.15) is 10.4 Å². The van der Waals surface area contributed by atoms with Gasteiger partial charge < -0.3 is 5.11 Å². The Labute approximate surface area is 104 Å². The first-order valence-corrected chi connectivity index (χ1v) is 4.47. The minimum Gasteiger partial charge on any atom is -0.478 e. The summed E-state index contributed by atoms with van der Waals surface area (Å²) in [5, 5.41) is 28.3. The third-order valence-electron chi connectivity index (χ3n) is 1.88. The quantitative estimate of drug-likeness (QED) is 0.491. The van der Waals surface area contributed by atoms with Crippen LogP contribution in [0.2, 0.25) is 0 Å². The van der Waals surface area contributed by atoms with Crippen LogP contribution in [0.3, 0.4) is 0 Å². The highest BCUT2D eigenvalue weighted by Gasteiger charge is 2.22. The predicted octanol–water partition coefficient (Wildman–Crippen LogP) is 1.62. The van der Waals surface area contributed by atoms with Crippen LogP contribution in [0.15, 0.2) is 11.2 Å². The molecule has 0 aliphatic carbocycles. The van der Waals surface area contributed by atoms with Crippen LogP contribution in [0.5, 0.6) is 0 Å². The molecule has 1 rings (SSSR count). The lowest BCUT2D eigenvalue weighted by atomic mass is 10.1. The maximum Gasteiger partial charge on any atom is 0.338 e. The van der Waals surface area contributed by atoms with Gasteiger partial charge in [0.15, 0.2) is 17.5 Å². The fourth-order valence-electron chi connectivity index (χ4n) is 1.04. The molecule has 0 aromatic heterocycles. The lowest BCUT2D eigenvalue weighted by molar-refractivity contribution is 0.0691. The van der Waals surface area contributed by atoms with E-state index >= 15 is 0 Å². The largest absolute Gasteiger partial charge is 0.478 e. The zero-order valence-corrected chi connectivity index (χ0v) is 8.91. The van der Waals surface area contributed by atoms with Crippen molar-refractivity contribution < 1.29 is 23.1 Å². The van der Waals surface area contributed by atoms with E-state index in [1.165, 1.54) is 12.1 Å². The lowest BCUT2D eigenvalue weighted by Gasteiger charge is -2.07. The number of hydrogen-bond acceptors (Lipinski definition) is 5. The molecule has 0 aliphatic rings. The van der Waals surface area contributed by atoms with E-state index in [0.717, 1.165) is 0 Å². The van der Waals surface area contributed by atoms with E-state index in [2.05, 4.69) is 5.10 Å². The molecule has 9 heteroatoms. The number of benzene rings is 1. The van der Waals surface area contributed by atoms with Crippen molar-refractivity contribution in [1.82, 2.24) is 0 Å². The minimum atomic E-state index is -1.82. The van der Waals surface area contributed by atoms with Crippen LogP contribution >= 0.6 is 0 Å². The maximum absolute atomic E-state index is 13.5. The predicted molar refractivity (Wildman–Crippen MR) is 55.6 cm³/mol. The van der Waals surface area contributed by atoms with Crippen LogP contribution < -0.4 is 5.43 Å². The first-order chi connectivity index (χ1) is 8.92. The summed E-state index contributed by atoms with van der Waals surface area (Å²) in [5.74, 6) is -6.76. The number of carbonyl (C=O) groups is 1. The van der Waals surface area contributed by atoms with Gasteiger partial charge in [-0.3, -0.25) is 5.43 Å². The van der Waals surface area contributed by atoms with Crippen LogP contribution in [0, 0.1) is 40.1 Å². The molecule has 0 bridgehead atoms. The third-order valence-corrected chi connectivity index (χ3v) is 1.88. The molecule has 0 aliphatic heterocycles. The zero-order chi connectivity index (χ0) is 14.6. The lowest BCUT2D eigenvalue weighted by Crippen LogP contribution is -2.09. The van der Waals surface area contributed by atoms with Gasteiger partial charge >= 0.3 is 5.97 Å². The molecule has 1 aromatic carbocycles. The summed E-state index contributed by atoms with van der Waals surface area (Å²) in [6.45, 7) is 0. The Balaban J connectivity index is 3.36. The van der Waals surface area contributed by atoms with E-state index in [4.69, 9.17) is 15.6 Å². The van der Waals surface area contributed by atoms with Gasteiger partial charge in [0.25, 0.3) is 0 Å². The molecule has 2 N–H and O–H groups in total. The highest BCUT2D eigenvalue weighted by atomic mass is 19.2. The van der Waals surface area contributed by atoms with Crippen LogP contribution in [-0.4, -0.2) is 16.8 Å². The van der Waals surface area contributed by atoms with Crippen LogP contribution in [0.4, 0.5) is 18.9 Å². The second kappa shape index (κ2) is 5.51. The average molecular weight is 268 g/mol. The van der Waals surface area contributed by atoms with E-state index in [9.17, 15) is 18.0 Å². The van der Waals surface area contributed by atoms with Gasteiger partial charge in [0.1, 0.15) is 23.4 Å². The number of halogens is 3. The van der Waals surface area contributed by atoms with Crippen molar-refractivity contribution in [2.24, 2.45) is 5.10 Å². The summed E-state index contributed by atoms with van der Waals surface area (Å²) >= 11 is 0. The molecule has 0 saturated heterocycles. The summed E-state index contributed by atoms with van der Waals surface area (Å²) in [6, 6.07) is 2.73. The third kappa shape index (κ3) is 2.79. The van der Waals surface area contributed by atoms with E-state index in [-0.39, 0.29) is 6.07 Å². The average Bonchev–Trinajstić information content (AvgIpc) is 2.38. The van der Waals surface area contributed by atoms with Gasteiger partial charge in [0, 0.05) is 0 Å². The number of carboxylic acids is 1. The summed E-state index contributed by atoms with van der Waals surface area (Å²) in [7, 11) is 0. The Kier molecular flexibility index (Phi) is 4.06. The number of carboxylic acid groups (broad SMARTS) is 1. The molecule has 0 atom stereocenters. The number of nitriles is 2. The number of hydrazone groups is 1. The zero-order valence-electron chi connectivity index (χ0n) is 8.91. The van der Waals surface area contributed by atoms with Gasteiger partial charge in [0.05, 0.1) is 0 Å². The normalized spacial score (nSPS) is 9.11. The fourth-order valence-corrected chi connectivity index (χ4v) is 1.04. The van der Waals surface area contributed by atoms with Crippen LogP contribution in [0.25, 0.3) is 0 Å². The minimum absolute atomic E-state index is 0.164. The summed E-state index contributed by atoms with van der Waals surface area (Å²) in [5.41, 5.74) is -1.50. The highest BCUT2D eigenvalue weighted by molar-refractivity contribution is 6.10. The summed E-state index contributed by atoms with van der Waals surface area (Å²) < 4.78 is 39.8. The monoisotopic (exact) mass is 268 g/mol. The van der Waals surface area contributed by atoms with Crippen molar-refractivity contribution in [3.8, 4) is 12.1 Å². The van der Waals surface area contributed by atoms with E-state index in [1.807, 2.05) is 0 Å². The number of anilines is 1. The molecule has 0 saturated carbocycles. The fraction of sp³-hybridized carbons (Fsp3) is 0. The van der Waals surface area contributed by atoms with Crippen molar-refractivity contribution in [1.29, 1.82) is 10.5 Å². The molecule has 0 amide bonds. The summed E-state index contributed by atoms with van der Waals surface area (Å²) in [6.07, 6.45) is 0. The first kappa shape index (κ1) is 14.0. The number of aromatic carboxylic acids is 1.